The first-order valence-electron chi connectivity index (χ1n) is 4.57. The van der Waals surface area contributed by atoms with Crippen molar-refractivity contribution in [3.63, 3.8) is 0 Å². The highest BCUT2D eigenvalue weighted by molar-refractivity contribution is 5.85. The lowest BCUT2D eigenvalue weighted by Gasteiger charge is -2.08. The number of hydrogen-bond acceptors (Lipinski definition) is 2. The lowest BCUT2D eigenvalue weighted by molar-refractivity contribution is 0.602. The van der Waals surface area contributed by atoms with Crippen molar-refractivity contribution in [1.82, 2.24) is 10.3 Å². The molecule has 2 heterocycles. The molecule has 2 nitrogen and oxygen atoms in total. The molecule has 14 heavy (non-hydrogen) atoms. The van der Waals surface area contributed by atoms with E-state index in [1.807, 2.05) is 18.5 Å². The molecule has 80 valence electrons. The highest BCUT2D eigenvalue weighted by Crippen LogP contribution is 2.10. The highest BCUT2D eigenvalue weighted by atomic mass is 35.5. The number of hydrogen-bond donors (Lipinski definition) is 1. The molecule has 1 aromatic rings. The number of nitrogens with zero attached hydrogens (tertiary/aromatic N) is 1. The van der Waals surface area contributed by atoms with E-state index in [1.54, 1.807) is 0 Å². The Labute approximate surface area is 97.3 Å². The summed E-state index contributed by atoms with van der Waals surface area (Å²) >= 11 is 0. The maximum absolute atomic E-state index is 4.10. The highest BCUT2D eigenvalue weighted by Gasteiger charge is 2.13. The van der Waals surface area contributed by atoms with Crippen LogP contribution in [0.4, 0.5) is 0 Å². The molecular weight excluding hydrogens is 219 g/mol. The summed E-state index contributed by atoms with van der Waals surface area (Å²) in [6, 6.07) is 4.84. The number of aromatic nitrogens is 1. The second-order valence-corrected chi connectivity index (χ2v) is 3.36. The summed E-state index contributed by atoms with van der Waals surface area (Å²) < 4.78 is 0. The van der Waals surface area contributed by atoms with Crippen molar-refractivity contribution in [3.05, 3.63) is 30.1 Å². The fourth-order valence-electron chi connectivity index (χ4n) is 1.73. The Bertz CT molecular complexity index is 235. The molecule has 0 aliphatic carbocycles. The molecule has 2 rings (SSSR count). The largest absolute Gasteiger partial charge is 0.314 e. The van der Waals surface area contributed by atoms with Crippen LogP contribution in [-0.4, -0.2) is 17.6 Å². The number of nitrogens with one attached hydrogen (secondary N) is 1. The molecule has 0 saturated carbocycles. The standard InChI is InChI=1S/C10H14N2.2ClH/c1-3-9(8-11-5-1)7-10-4-2-6-12-10;;/h1,3,5,8,10,12H,2,4,6-7H2;2*1H/t10-;;/m0../s1. The second kappa shape index (κ2) is 7.04. The molecule has 1 N–H and O–H groups in total. The number of rotatable bonds is 2. The van der Waals surface area contributed by atoms with Crippen molar-refractivity contribution in [1.29, 1.82) is 0 Å². The van der Waals surface area contributed by atoms with E-state index in [0.717, 1.165) is 6.42 Å². The molecule has 1 fully saturated rings. The van der Waals surface area contributed by atoms with Crippen molar-refractivity contribution in [3.8, 4) is 0 Å². The molecule has 4 heteroatoms. The molecule has 1 aliphatic rings. The first-order chi connectivity index (χ1) is 5.95. The van der Waals surface area contributed by atoms with Crippen molar-refractivity contribution in [2.75, 3.05) is 6.54 Å². The third kappa shape index (κ3) is 3.82. The quantitative estimate of drug-likeness (QED) is 0.850. The van der Waals surface area contributed by atoms with Gasteiger partial charge in [-0.3, -0.25) is 4.98 Å². The van der Waals surface area contributed by atoms with Crippen LogP contribution < -0.4 is 5.32 Å². The van der Waals surface area contributed by atoms with Crippen LogP contribution in [0.3, 0.4) is 0 Å². The predicted octanol–water partition coefficient (Wildman–Crippen LogP) is 2.22. The zero-order chi connectivity index (χ0) is 8.23. The van der Waals surface area contributed by atoms with Gasteiger partial charge in [-0.05, 0) is 37.4 Å². The van der Waals surface area contributed by atoms with Gasteiger partial charge >= 0.3 is 0 Å². The van der Waals surface area contributed by atoms with Crippen LogP contribution >= 0.6 is 24.8 Å². The smallest absolute Gasteiger partial charge is 0.0300 e. The van der Waals surface area contributed by atoms with Gasteiger partial charge in [0.2, 0.25) is 0 Å². The van der Waals surface area contributed by atoms with Crippen LogP contribution in [0.5, 0.6) is 0 Å². The van der Waals surface area contributed by atoms with E-state index in [4.69, 9.17) is 0 Å². The number of pyridine rings is 1. The SMILES string of the molecule is Cl.Cl.c1cncc(C[C@@H]2CCCN2)c1. The average Bonchev–Trinajstić information content (AvgIpc) is 2.59. The summed E-state index contributed by atoms with van der Waals surface area (Å²) in [5.41, 5.74) is 1.34. The third-order valence-electron chi connectivity index (χ3n) is 2.37. The summed E-state index contributed by atoms with van der Waals surface area (Å²) in [5, 5.41) is 3.48. The topological polar surface area (TPSA) is 24.9 Å². The molecular formula is C10H16Cl2N2. The molecule has 0 aromatic carbocycles. The second-order valence-electron chi connectivity index (χ2n) is 3.36. The fraction of sp³-hybridized carbons (Fsp3) is 0.500. The van der Waals surface area contributed by atoms with Crippen molar-refractivity contribution < 1.29 is 0 Å². The maximum atomic E-state index is 4.10. The van der Waals surface area contributed by atoms with E-state index in [-0.39, 0.29) is 24.8 Å². The Balaban J connectivity index is 0.000000845. The Morgan fingerprint density at radius 1 is 1.43 bits per heavy atom. The zero-order valence-electron chi connectivity index (χ0n) is 7.98. The Kier molecular flexibility index (Phi) is 6.89. The van der Waals surface area contributed by atoms with Gasteiger partial charge in [0.05, 0.1) is 0 Å². The lowest BCUT2D eigenvalue weighted by Crippen LogP contribution is -2.23. The molecule has 1 aliphatic heterocycles. The van der Waals surface area contributed by atoms with E-state index in [1.165, 1.54) is 24.9 Å². The van der Waals surface area contributed by atoms with E-state index >= 15 is 0 Å². The summed E-state index contributed by atoms with van der Waals surface area (Å²) in [5.74, 6) is 0. The monoisotopic (exact) mass is 234 g/mol. The van der Waals surface area contributed by atoms with Crippen LogP contribution in [-0.2, 0) is 6.42 Å². The van der Waals surface area contributed by atoms with Gasteiger partial charge in [-0.15, -0.1) is 24.8 Å². The molecule has 0 spiro atoms. The summed E-state index contributed by atoms with van der Waals surface area (Å²) in [6.07, 6.45) is 7.55. The van der Waals surface area contributed by atoms with Crippen molar-refractivity contribution >= 4 is 24.8 Å². The fourth-order valence-corrected chi connectivity index (χ4v) is 1.73. The predicted molar refractivity (Wildman–Crippen MR) is 63.5 cm³/mol. The Morgan fingerprint density at radius 3 is 2.86 bits per heavy atom. The molecule has 0 bridgehead atoms. The van der Waals surface area contributed by atoms with Gasteiger partial charge in [0, 0.05) is 18.4 Å². The maximum Gasteiger partial charge on any atom is 0.0300 e. The average molecular weight is 235 g/mol. The van der Waals surface area contributed by atoms with E-state index < -0.39 is 0 Å². The van der Waals surface area contributed by atoms with Gasteiger partial charge in [0.1, 0.15) is 0 Å². The molecule has 0 unspecified atom stereocenters. The molecule has 0 amide bonds. The molecule has 1 atom stereocenters. The Hall–Kier alpha value is -0.310. The summed E-state index contributed by atoms with van der Waals surface area (Å²) in [6.45, 7) is 1.19. The van der Waals surface area contributed by atoms with Crippen LogP contribution in [0.2, 0.25) is 0 Å². The van der Waals surface area contributed by atoms with Crippen LogP contribution in [0.25, 0.3) is 0 Å². The number of halogens is 2. The van der Waals surface area contributed by atoms with Crippen LogP contribution in [0.1, 0.15) is 18.4 Å². The van der Waals surface area contributed by atoms with Gasteiger partial charge in [-0.25, -0.2) is 0 Å². The van der Waals surface area contributed by atoms with Gasteiger partial charge in [0.25, 0.3) is 0 Å². The van der Waals surface area contributed by atoms with Crippen LogP contribution in [0, 0.1) is 0 Å². The van der Waals surface area contributed by atoms with Gasteiger partial charge in [-0.1, -0.05) is 6.07 Å². The minimum absolute atomic E-state index is 0. The minimum Gasteiger partial charge on any atom is -0.314 e. The lowest BCUT2D eigenvalue weighted by atomic mass is 10.1. The molecule has 1 aromatic heterocycles. The van der Waals surface area contributed by atoms with E-state index in [9.17, 15) is 0 Å². The van der Waals surface area contributed by atoms with Crippen molar-refractivity contribution in [2.24, 2.45) is 0 Å². The van der Waals surface area contributed by atoms with Crippen LogP contribution in [0.15, 0.2) is 24.5 Å². The first kappa shape index (κ1) is 13.7. The third-order valence-corrected chi connectivity index (χ3v) is 2.37. The summed E-state index contributed by atoms with van der Waals surface area (Å²) in [7, 11) is 0. The first-order valence-corrected chi connectivity index (χ1v) is 4.57. The minimum atomic E-state index is 0. The summed E-state index contributed by atoms with van der Waals surface area (Å²) in [4.78, 5) is 4.10. The molecule has 0 radical (unpaired) electrons. The zero-order valence-corrected chi connectivity index (χ0v) is 9.61. The van der Waals surface area contributed by atoms with Gasteiger partial charge in [0.15, 0.2) is 0 Å². The van der Waals surface area contributed by atoms with E-state index in [2.05, 4.69) is 16.4 Å². The van der Waals surface area contributed by atoms with E-state index in [0.29, 0.717) is 6.04 Å². The Morgan fingerprint density at radius 2 is 2.29 bits per heavy atom. The van der Waals surface area contributed by atoms with Crippen molar-refractivity contribution in [2.45, 2.75) is 25.3 Å². The normalized spacial score (nSPS) is 19.6. The van der Waals surface area contributed by atoms with Gasteiger partial charge in [-0.2, -0.15) is 0 Å². The molecule has 1 saturated heterocycles. The van der Waals surface area contributed by atoms with Gasteiger partial charge < -0.3 is 5.32 Å².